The Labute approximate surface area is 113 Å². The van der Waals surface area contributed by atoms with Crippen LogP contribution in [0, 0.1) is 0 Å². The minimum absolute atomic E-state index is 0.276. The number of hydrazone groups is 1. The van der Waals surface area contributed by atoms with Gasteiger partial charge in [0.2, 0.25) is 6.79 Å². The van der Waals surface area contributed by atoms with Gasteiger partial charge in [0, 0.05) is 0 Å². The third-order valence-electron chi connectivity index (χ3n) is 2.81. The van der Waals surface area contributed by atoms with Crippen molar-refractivity contribution in [3.8, 4) is 11.5 Å². The fraction of sp³-hybridized carbons (Fsp3) is 0.417. The maximum atomic E-state index is 5.36. The van der Waals surface area contributed by atoms with Crippen molar-refractivity contribution in [2.45, 2.75) is 0 Å². The van der Waals surface area contributed by atoms with Crippen LogP contribution in [-0.4, -0.2) is 44.3 Å². The normalized spacial score (nSPS) is 18.6. The van der Waals surface area contributed by atoms with Crippen molar-refractivity contribution in [3.05, 3.63) is 22.2 Å². The summed E-state index contributed by atoms with van der Waals surface area (Å²) in [5.41, 5.74) is 0.984. The molecule has 5 nitrogen and oxygen atoms in total. The summed E-state index contributed by atoms with van der Waals surface area (Å²) >= 11 is 3.46. The van der Waals surface area contributed by atoms with Crippen LogP contribution in [0.5, 0.6) is 11.5 Å². The Morgan fingerprint density at radius 1 is 1.22 bits per heavy atom. The molecule has 0 N–H and O–H groups in total. The first kappa shape index (κ1) is 11.8. The zero-order chi connectivity index (χ0) is 12.4. The monoisotopic (exact) mass is 312 g/mol. The number of benzene rings is 1. The highest BCUT2D eigenvalue weighted by Crippen LogP contribution is 2.39. The summed E-state index contributed by atoms with van der Waals surface area (Å²) in [6, 6.07) is 3.90. The number of hydrogen-bond acceptors (Lipinski definition) is 5. The third kappa shape index (κ3) is 2.44. The number of hydrogen-bond donors (Lipinski definition) is 0. The Morgan fingerprint density at radius 3 is 2.89 bits per heavy atom. The predicted molar refractivity (Wildman–Crippen MR) is 70.3 cm³/mol. The van der Waals surface area contributed by atoms with Gasteiger partial charge in [-0.3, -0.25) is 5.01 Å². The van der Waals surface area contributed by atoms with Crippen molar-refractivity contribution in [2.75, 3.05) is 33.1 Å². The molecule has 0 spiro atoms. The highest BCUT2D eigenvalue weighted by atomic mass is 79.9. The zero-order valence-corrected chi connectivity index (χ0v) is 11.4. The van der Waals surface area contributed by atoms with E-state index in [1.807, 2.05) is 23.4 Å². The van der Waals surface area contributed by atoms with Gasteiger partial charge in [-0.05, 0) is 33.6 Å². The molecule has 0 atom stereocenters. The van der Waals surface area contributed by atoms with Crippen LogP contribution < -0.4 is 9.47 Å². The highest BCUT2D eigenvalue weighted by Gasteiger charge is 2.17. The number of fused-ring (bicyclic) bond motifs is 1. The van der Waals surface area contributed by atoms with Crippen molar-refractivity contribution >= 4 is 22.1 Å². The van der Waals surface area contributed by atoms with Gasteiger partial charge in [-0.25, -0.2) is 0 Å². The molecule has 0 unspecified atom stereocenters. The van der Waals surface area contributed by atoms with Gasteiger partial charge >= 0.3 is 0 Å². The van der Waals surface area contributed by atoms with E-state index in [0.717, 1.165) is 47.8 Å². The molecular weight excluding hydrogens is 300 g/mol. The van der Waals surface area contributed by atoms with Gasteiger partial charge < -0.3 is 14.2 Å². The van der Waals surface area contributed by atoms with Crippen LogP contribution in [0.25, 0.3) is 0 Å². The Kier molecular flexibility index (Phi) is 3.38. The van der Waals surface area contributed by atoms with Crippen LogP contribution in [0.15, 0.2) is 21.7 Å². The highest BCUT2D eigenvalue weighted by molar-refractivity contribution is 9.10. The summed E-state index contributed by atoms with van der Waals surface area (Å²) in [6.07, 6.45) is 1.83. The molecule has 0 aliphatic carbocycles. The van der Waals surface area contributed by atoms with Crippen LogP contribution in [0.1, 0.15) is 5.56 Å². The average molecular weight is 313 g/mol. The number of ether oxygens (including phenoxy) is 3. The fourth-order valence-corrected chi connectivity index (χ4v) is 2.45. The number of morpholine rings is 1. The molecule has 1 fully saturated rings. The van der Waals surface area contributed by atoms with Gasteiger partial charge in [-0.1, -0.05) is 0 Å². The first-order valence-electron chi connectivity index (χ1n) is 5.79. The van der Waals surface area contributed by atoms with E-state index in [1.165, 1.54) is 0 Å². The van der Waals surface area contributed by atoms with E-state index in [0.29, 0.717) is 0 Å². The molecule has 1 aromatic rings. The molecule has 0 amide bonds. The molecule has 2 aliphatic heterocycles. The van der Waals surface area contributed by atoms with E-state index in [1.54, 1.807) is 0 Å². The van der Waals surface area contributed by atoms with E-state index in [4.69, 9.17) is 14.2 Å². The van der Waals surface area contributed by atoms with Crippen LogP contribution in [0.3, 0.4) is 0 Å². The first-order chi connectivity index (χ1) is 8.83. The number of halogens is 1. The van der Waals surface area contributed by atoms with Crippen molar-refractivity contribution < 1.29 is 14.2 Å². The lowest BCUT2D eigenvalue weighted by Crippen LogP contribution is -2.32. The summed E-state index contributed by atoms with van der Waals surface area (Å²) in [7, 11) is 0. The largest absolute Gasteiger partial charge is 0.454 e. The Morgan fingerprint density at radius 2 is 2.06 bits per heavy atom. The van der Waals surface area contributed by atoms with Crippen molar-refractivity contribution in [1.29, 1.82) is 0 Å². The van der Waals surface area contributed by atoms with Crippen LogP contribution >= 0.6 is 15.9 Å². The second-order valence-electron chi connectivity index (χ2n) is 4.05. The SMILES string of the molecule is Brc1cc(/C=N\N2CCOCC2)cc2c1OCO2. The van der Waals surface area contributed by atoms with Crippen LogP contribution in [-0.2, 0) is 4.74 Å². The third-order valence-corrected chi connectivity index (χ3v) is 3.40. The summed E-state index contributed by atoms with van der Waals surface area (Å²) < 4.78 is 16.9. The maximum absolute atomic E-state index is 5.36. The molecule has 6 heteroatoms. The quantitative estimate of drug-likeness (QED) is 0.782. The smallest absolute Gasteiger partial charge is 0.231 e. The van der Waals surface area contributed by atoms with E-state index in [2.05, 4.69) is 21.0 Å². The molecular formula is C12H13BrN2O3. The van der Waals surface area contributed by atoms with E-state index >= 15 is 0 Å². The zero-order valence-electron chi connectivity index (χ0n) is 9.76. The van der Waals surface area contributed by atoms with Gasteiger partial charge in [-0.15, -0.1) is 0 Å². The Bertz CT molecular complexity index is 473. The summed E-state index contributed by atoms with van der Waals surface area (Å²) in [5, 5.41) is 6.43. The molecule has 0 saturated carbocycles. The summed E-state index contributed by atoms with van der Waals surface area (Å²) in [4.78, 5) is 0. The van der Waals surface area contributed by atoms with E-state index in [-0.39, 0.29) is 6.79 Å². The van der Waals surface area contributed by atoms with Gasteiger partial charge in [0.1, 0.15) is 0 Å². The summed E-state index contributed by atoms with van der Waals surface area (Å²) in [6.45, 7) is 3.42. The van der Waals surface area contributed by atoms with Crippen LogP contribution in [0.2, 0.25) is 0 Å². The Balaban J connectivity index is 1.76. The van der Waals surface area contributed by atoms with Crippen molar-refractivity contribution in [1.82, 2.24) is 5.01 Å². The lowest BCUT2D eigenvalue weighted by atomic mass is 10.2. The Hall–Kier alpha value is -1.27. The lowest BCUT2D eigenvalue weighted by Gasteiger charge is -2.23. The molecule has 3 rings (SSSR count). The predicted octanol–water partition coefficient (Wildman–Crippen LogP) is 1.84. The average Bonchev–Trinajstić information content (AvgIpc) is 2.86. The fourth-order valence-electron chi connectivity index (χ4n) is 1.88. The van der Waals surface area contributed by atoms with Crippen LogP contribution in [0.4, 0.5) is 0 Å². The van der Waals surface area contributed by atoms with Gasteiger partial charge in [0.15, 0.2) is 11.5 Å². The van der Waals surface area contributed by atoms with Crippen molar-refractivity contribution in [2.24, 2.45) is 5.10 Å². The van der Waals surface area contributed by atoms with Gasteiger partial charge in [-0.2, -0.15) is 5.10 Å². The molecule has 96 valence electrons. The molecule has 2 aliphatic rings. The molecule has 0 radical (unpaired) electrons. The minimum atomic E-state index is 0.276. The van der Waals surface area contributed by atoms with Gasteiger partial charge in [0.05, 0.1) is 37.0 Å². The summed E-state index contributed by atoms with van der Waals surface area (Å²) in [5.74, 6) is 1.52. The van der Waals surface area contributed by atoms with E-state index < -0.39 is 0 Å². The second-order valence-corrected chi connectivity index (χ2v) is 4.90. The standard InChI is InChI=1S/C12H13BrN2O3/c13-10-5-9(6-11-12(10)18-8-17-11)7-14-15-1-3-16-4-2-15/h5-7H,1-4,8H2/b14-7-. The first-order valence-corrected chi connectivity index (χ1v) is 6.58. The topological polar surface area (TPSA) is 43.3 Å². The maximum Gasteiger partial charge on any atom is 0.231 e. The molecule has 0 aromatic heterocycles. The minimum Gasteiger partial charge on any atom is -0.454 e. The second kappa shape index (κ2) is 5.16. The van der Waals surface area contributed by atoms with Gasteiger partial charge in [0.25, 0.3) is 0 Å². The number of nitrogens with zero attached hydrogens (tertiary/aromatic N) is 2. The van der Waals surface area contributed by atoms with E-state index in [9.17, 15) is 0 Å². The lowest BCUT2D eigenvalue weighted by molar-refractivity contribution is 0.0397. The molecule has 18 heavy (non-hydrogen) atoms. The molecule has 1 saturated heterocycles. The number of rotatable bonds is 2. The molecule has 1 aromatic carbocycles. The molecule has 0 bridgehead atoms. The molecule has 2 heterocycles. The van der Waals surface area contributed by atoms with Crippen molar-refractivity contribution in [3.63, 3.8) is 0 Å².